The highest BCUT2D eigenvalue weighted by molar-refractivity contribution is 7.89. The van der Waals surface area contributed by atoms with E-state index in [0.29, 0.717) is 19.6 Å². The van der Waals surface area contributed by atoms with Crippen molar-refractivity contribution in [3.05, 3.63) is 64.6 Å². The molecule has 0 unspecified atom stereocenters. The largest absolute Gasteiger partial charge is 0.350 e. The van der Waals surface area contributed by atoms with E-state index in [2.05, 4.69) is 5.32 Å². The van der Waals surface area contributed by atoms with Crippen molar-refractivity contribution in [1.82, 2.24) is 14.2 Å². The van der Waals surface area contributed by atoms with Crippen molar-refractivity contribution in [1.29, 1.82) is 0 Å². The van der Waals surface area contributed by atoms with Crippen LogP contribution < -0.4 is 10.9 Å². The van der Waals surface area contributed by atoms with Crippen LogP contribution in [0.5, 0.6) is 0 Å². The average molecular weight is 377 g/mol. The van der Waals surface area contributed by atoms with Crippen LogP contribution >= 0.6 is 0 Å². The Kier molecular flexibility index (Phi) is 6.70. The predicted molar refractivity (Wildman–Crippen MR) is 99.1 cm³/mol. The third-order valence-corrected chi connectivity index (χ3v) is 5.98. The van der Waals surface area contributed by atoms with Gasteiger partial charge in [0.1, 0.15) is 6.54 Å². The van der Waals surface area contributed by atoms with Gasteiger partial charge in [-0.15, -0.1) is 0 Å². The zero-order valence-corrected chi connectivity index (χ0v) is 15.7. The van der Waals surface area contributed by atoms with Crippen molar-refractivity contribution in [3.63, 3.8) is 0 Å². The van der Waals surface area contributed by atoms with E-state index >= 15 is 0 Å². The summed E-state index contributed by atoms with van der Waals surface area (Å²) < 4.78 is 27.5. The molecule has 2 rings (SSSR count). The fourth-order valence-electron chi connectivity index (χ4n) is 2.51. The Balaban J connectivity index is 2.14. The molecule has 0 aliphatic rings. The van der Waals surface area contributed by atoms with Gasteiger partial charge in [0.15, 0.2) is 0 Å². The number of rotatable bonds is 8. The first kappa shape index (κ1) is 19.9. The van der Waals surface area contributed by atoms with Gasteiger partial charge in [-0.2, -0.15) is 4.31 Å². The zero-order chi connectivity index (χ0) is 19.2. The third kappa shape index (κ3) is 4.80. The predicted octanol–water partition coefficient (Wildman–Crippen LogP) is 1.20. The van der Waals surface area contributed by atoms with Crippen molar-refractivity contribution < 1.29 is 13.2 Å². The number of nitrogens with one attached hydrogen (secondary N) is 1. The van der Waals surface area contributed by atoms with Gasteiger partial charge in [-0.3, -0.25) is 9.59 Å². The molecule has 0 spiro atoms. The molecule has 1 heterocycles. The Morgan fingerprint density at radius 1 is 1.08 bits per heavy atom. The van der Waals surface area contributed by atoms with Gasteiger partial charge in [0, 0.05) is 31.9 Å². The number of pyridine rings is 1. The monoisotopic (exact) mass is 377 g/mol. The quantitative estimate of drug-likeness (QED) is 0.749. The van der Waals surface area contributed by atoms with Crippen molar-refractivity contribution in [2.24, 2.45) is 0 Å². The van der Waals surface area contributed by atoms with E-state index in [1.165, 1.54) is 22.6 Å². The van der Waals surface area contributed by atoms with Gasteiger partial charge >= 0.3 is 0 Å². The van der Waals surface area contributed by atoms with Crippen LogP contribution in [0, 0.1) is 0 Å². The first-order valence-electron chi connectivity index (χ1n) is 8.39. The second-order valence-electron chi connectivity index (χ2n) is 5.68. The van der Waals surface area contributed by atoms with Crippen LogP contribution in [-0.2, 0) is 27.9 Å². The Hall–Kier alpha value is -2.45. The van der Waals surface area contributed by atoms with E-state index in [0.717, 1.165) is 10.1 Å². The Labute approximate surface area is 153 Å². The number of sulfonamides is 1. The molecule has 7 nitrogen and oxygen atoms in total. The molecule has 2 aromatic rings. The molecular weight excluding hydrogens is 354 g/mol. The normalized spacial score (nSPS) is 11.5. The van der Waals surface area contributed by atoms with E-state index in [-0.39, 0.29) is 17.3 Å². The van der Waals surface area contributed by atoms with Gasteiger partial charge in [-0.05, 0) is 11.6 Å². The first-order valence-corrected chi connectivity index (χ1v) is 9.83. The minimum atomic E-state index is -3.69. The number of carbonyl (C=O) groups is 1. The van der Waals surface area contributed by atoms with E-state index in [4.69, 9.17) is 0 Å². The number of nitrogens with zero attached hydrogens (tertiary/aromatic N) is 2. The number of hydrogen-bond acceptors (Lipinski definition) is 4. The van der Waals surface area contributed by atoms with Crippen molar-refractivity contribution in [3.8, 4) is 0 Å². The molecule has 140 valence electrons. The molecule has 1 aromatic heterocycles. The van der Waals surface area contributed by atoms with Crippen molar-refractivity contribution in [2.45, 2.75) is 31.8 Å². The average Bonchev–Trinajstić information content (AvgIpc) is 2.63. The highest BCUT2D eigenvalue weighted by Crippen LogP contribution is 2.13. The van der Waals surface area contributed by atoms with Crippen LogP contribution in [0.4, 0.5) is 0 Å². The molecule has 0 aliphatic heterocycles. The molecule has 0 saturated heterocycles. The minimum Gasteiger partial charge on any atom is -0.350 e. The number of hydrogen-bond donors (Lipinski definition) is 1. The Morgan fingerprint density at radius 3 is 2.35 bits per heavy atom. The van der Waals surface area contributed by atoms with Crippen LogP contribution in [0.2, 0.25) is 0 Å². The van der Waals surface area contributed by atoms with E-state index in [1.54, 1.807) is 13.8 Å². The van der Waals surface area contributed by atoms with Crippen LogP contribution in [0.25, 0.3) is 0 Å². The zero-order valence-electron chi connectivity index (χ0n) is 14.9. The topological polar surface area (TPSA) is 88.5 Å². The van der Waals surface area contributed by atoms with Gasteiger partial charge in [0.05, 0.1) is 4.90 Å². The smallest absolute Gasteiger partial charge is 0.251 e. The molecule has 0 atom stereocenters. The summed E-state index contributed by atoms with van der Waals surface area (Å²) in [5.41, 5.74) is 0.504. The highest BCUT2D eigenvalue weighted by atomic mass is 32.2. The van der Waals surface area contributed by atoms with Crippen LogP contribution in [0.15, 0.2) is 58.4 Å². The van der Waals surface area contributed by atoms with E-state index < -0.39 is 15.6 Å². The molecule has 0 fully saturated rings. The SMILES string of the molecule is CCN(CC)S(=O)(=O)c1ccc(=O)n(CC(=O)NCc2ccccc2)c1. The molecule has 0 aliphatic carbocycles. The fourth-order valence-corrected chi connectivity index (χ4v) is 3.98. The maximum atomic E-state index is 12.6. The second kappa shape index (κ2) is 8.77. The third-order valence-electron chi connectivity index (χ3n) is 3.95. The lowest BCUT2D eigenvalue weighted by atomic mass is 10.2. The molecule has 1 N–H and O–H groups in total. The van der Waals surface area contributed by atoms with Crippen molar-refractivity contribution in [2.75, 3.05) is 13.1 Å². The van der Waals surface area contributed by atoms with Gasteiger partial charge < -0.3 is 9.88 Å². The summed E-state index contributed by atoms with van der Waals surface area (Å²) >= 11 is 0. The fraction of sp³-hybridized carbons (Fsp3) is 0.333. The number of benzene rings is 1. The number of amides is 1. The molecule has 0 saturated carbocycles. The standard InChI is InChI=1S/C18H23N3O4S/c1-3-21(4-2)26(24,25)16-10-11-18(23)20(13-16)14-17(22)19-12-15-8-6-5-7-9-15/h5-11,13H,3-4,12,14H2,1-2H3,(H,19,22). The summed E-state index contributed by atoms with van der Waals surface area (Å²) in [5, 5.41) is 2.72. The summed E-state index contributed by atoms with van der Waals surface area (Å²) in [6, 6.07) is 11.8. The lowest BCUT2D eigenvalue weighted by Crippen LogP contribution is -2.34. The highest BCUT2D eigenvalue weighted by Gasteiger charge is 2.22. The van der Waals surface area contributed by atoms with Gasteiger partial charge in [-0.1, -0.05) is 44.2 Å². The lowest BCUT2D eigenvalue weighted by molar-refractivity contribution is -0.121. The van der Waals surface area contributed by atoms with Gasteiger partial charge in [0.2, 0.25) is 15.9 Å². The molecule has 0 bridgehead atoms. The molecular formula is C18H23N3O4S. The van der Waals surface area contributed by atoms with E-state index in [1.807, 2.05) is 30.3 Å². The summed E-state index contributed by atoms with van der Waals surface area (Å²) in [6.07, 6.45) is 1.22. The van der Waals surface area contributed by atoms with Crippen LogP contribution in [0.3, 0.4) is 0 Å². The molecule has 0 radical (unpaired) electrons. The molecule has 1 aromatic carbocycles. The summed E-state index contributed by atoms with van der Waals surface area (Å²) in [6.45, 7) is 4.24. The van der Waals surface area contributed by atoms with Crippen LogP contribution in [0.1, 0.15) is 19.4 Å². The summed E-state index contributed by atoms with van der Waals surface area (Å²) in [5.74, 6) is -0.367. The van der Waals surface area contributed by atoms with Gasteiger partial charge in [0.25, 0.3) is 5.56 Å². The van der Waals surface area contributed by atoms with Crippen LogP contribution in [-0.4, -0.2) is 36.3 Å². The summed E-state index contributed by atoms with van der Waals surface area (Å²) in [4.78, 5) is 24.1. The summed E-state index contributed by atoms with van der Waals surface area (Å²) in [7, 11) is -3.69. The second-order valence-corrected chi connectivity index (χ2v) is 7.62. The Morgan fingerprint density at radius 2 is 1.73 bits per heavy atom. The Bertz CT molecular complexity index is 904. The number of aromatic nitrogens is 1. The maximum absolute atomic E-state index is 12.6. The first-order chi connectivity index (χ1) is 12.4. The molecule has 1 amide bonds. The molecule has 8 heteroatoms. The maximum Gasteiger partial charge on any atom is 0.251 e. The van der Waals surface area contributed by atoms with E-state index in [9.17, 15) is 18.0 Å². The minimum absolute atomic E-state index is 0.00309. The van der Waals surface area contributed by atoms with Crippen molar-refractivity contribution >= 4 is 15.9 Å². The lowest BCUT2D eigenvalue weighted by Gasteiger charge is -2.19. The number of carbonyl (C=O) groups excluding carboxylic acids is 1. The molecule has 26 heavy (non-hydrogen) atoms. The van der Waals surface area contributed by atoms with Gasteiger partial charge in [-0.25, -0.2) is 8.42 Å².